The van der Waals surface area contributed by atoms with E-state index in [1.165, 1.54) is 12.1 Å². The number of alkyl halides is 3. The number of hydrogen-bond donors (Lipinski definition) is 2. The molecule has 1 heterocycles. The fraction of sp³-hybridized carbons (Fsp3) is 0.103. The van der Waals surface area contributed by atoms with Crippen LogP contribution >= 0.6 is 12.2 Å². The zero-order valence-electron chi connectivity index (χ0n) is 20.8. The van der Waals surface area contributed by atoms with Gasteiger partial charge in [-0.3, -0.25) is 4.98 Å². The van der Waals surface area contributed by atoms with Crippen molar-refractivity contribution in [3.05, 3.63) is 90.6 Å². The zero-order chi connectivity index (χ0) is 27.6. The molecule has 0 aliphatic rings. The van der Waals surface area contributed by atoms with Crippen LogP contribution in [0.2, 0.25) is 0 Å². The molecule has 1 aromatic heterocycles. The third-order valence-electron chi connectivity index (χ3n) is 6.00. The molecule has 0 amide bonds. The van der Waals surface area contributed by atoms with E-state index in [1.54, 1.807) is 32.5 Å². The summed E-state index contributed by atoms with van der Waals surface area (Å²) in [7, 11) is 3.14. The van der Waals surface area contributed by atoms with Gasteiger partial charge in [0.15, 0.2) is 16.6 Å². The molecular formula is C29H22F3N3O3S. The van der Waals surface area contributed by atoms with Crippen molar-refractivity contribution in [2.75, 3.05) is 24.9 Å². The summed E-state index contributed by atoms with van der Waals surface area (Å²) in [6.45, 7) is 0. The molecule has 10 heteroatoms. The number of nitrogens with one attached hydrogen (secondary N) is 2. The third-order valence-corrected chi connectivity index (χ3v) is 6.21. The molecule has 6 nitrogen and oxygen atoms in total. The van der Waals surface area contributed by atoms with Crippen LogP contribution in [0, 0.1) is 0 Å². The maximum atomic E-state index is 12.8. The van der Waals surface area contributed by atoms with Gasteiger partial charge in [0.2, 0.25) is 0 Å². The molecule has 198 valence electrons. The standard InChI is InChI=1S/C29H22F3N3O3S/c1-36-26-15-22-24(16-27(26)37-2)33-13-12-25(22)38-20-10-11-21-17(14-20)4-3-5-23(21)35-28(39)34-19-8-6-18(7-9-19)29(30,31)32/h3-16H,1-2H3,(H2,34,35,39). The van der Waals surface area contributed by atoms with Gasteiger partial charge in [-0.2, -0.15) is 13.2 Å². The van der Waals surface area contributed by atoms with Gasteiger partial charge in [0.25, 0.3) is 0 Å². The third kappa shape index (κ3) is 5.65. The summed E-state index contributed by atoms with van der Waals surface area (Å²) >= 11 is 5.39. The first kappa shape index (κ1) is 26.1. The highest BCUT2D eigenvalue weighted by atomic mass is 32.1. The second-order valence-corrected chi connectivity index (χ2v) is 8.89. The Hall–Kier alpha value is -4.57. The van der Waals surface area contributed by atoms with Gasteiger partial charge in [0.05, 0.1) is 25.3 Å². The van der Waals surface area contributed by atoms with E-state index < -0.39 is 11.7 Å². The van der Waals surface area contributed by atoms with E-state index in [0.29, 0.717) is 34.2 Å². The minimum absolute atomic E-state index is 0.246. The second kappa shape index (κ2) is 10.7. The highest BCUT2D eigenvalue weighted by molar-refractivity contribution is 7.80. The molecule has 0 fully saturated rings. The first-order valence-electron chi connectivity index (χ1n) is 11.7. The molecular weight excluding hydrogens is 527 g/mol. The lowest BCUT2D eigenvalue weighted by Gasteiger charge is -2.15. The average molecular weight is 550 g/mol. The minimum atomic E-state index is -4.40. The van der Waals surface area contributed by atoms with Crippen molar-refractivity contribution in [2.45, 2.75) is 6.18 Å². The van der Waals surface area contributed by atoms with Gasteiger partial charge in [0.1, 0.15) is 11.5 Å². The highest BCUT2D eigenvalue weighted by Crippen LogP contribution is 2.38. The molecule has 4 aromatic carbocycles. The van der Waals surface area contributed by atoms with Crippen LogP contribution in [-0.2, 0) is 6.18 Å². The molecule has 0 radical (unpaired) electrons. The van der Waals surface area contributed by atoms with Crippen LogP contribution in [0.15, 0.2) is 85.1 Å². The van der Waals surface area contributed by atoms with Crippen molar-refractivity contribution in [1.29, 1.82) is 0 Å². The van der Waals surface area contributed by atoms with Gasteiger partial charge >= 0.3 is 6.18 Å². The predicted molar refractivity (Wildman–Crippen MR) is 150 cm³/mol. The van der Waals surface area contributed by atoms with Gasteiger partial charge in [-0.25, -0.2) is 0 Å². The smallest absolute Gasteiger partial charge is 0.416 e. The van der Waals surface area contributed by atoms with Crippen LogP contribution in [0.4, 0.5) is 24.5 Å². The van der Waals surface area contributed by atoms with Crippen molar-refractivity contribution in [2.24, 2.45) is 0 Å². The van der Waals surface area contributed by atoms with E-state index in [9.17, 15) is 13.2 Å². The van der Waals surface area contributed by atoms with Crippen molar-refractivity contribution in [3.8, 4) is 23.0 Å². The normalized spacial score (nSPS) is 11.3. The Kier molecular flexibility index (Phi) is 7.12. The molecule has 5 rings (SSSR count). The summed E-state index contributed by atoms with van der Waals surface area (Å²) in [6.07, 6.45) is -2.73. The Morgan fingerprint density at radius 3 is 2.26 bits per heavy atom. The zero-order valence-corrected chi connectivity index (χ0v) is 21.6. The van der Waals surface area contributed by atoms with Crippen molar-refractivity contribution in [1.82, 2.24) is 4.98 Å². The predicted octanol–water partition coefficient (Wildman–Crippen LogP) is 8.03. The molecule has 0 saturated carbocycles. The van der Waals surface area contributed by atoms with Gasteiger partial charge in [-0.15, -0.1) is 0 Å². The van der Waals surface area contributed by atoms with E-state index in [-0.39, 0.29) is 5.11 Å². The minimum Gasteiger partial charge on any atom is -0.493 e. The largest absolute Gasteiger partial charge is 0.493 e. The maximum absolute atomic E-state index is 12.8. The number of rotatable bonds is 6. The number of fused-ring (bicyclic) bond motifs is 2. The number of benzene rings is 4. The van der Waals surface area contributed by atoms with E-state index in [4.69, 9.17) is 26.4 Å². The molecule has 0 aliphatic carbocycles. The number of aromatic nitrogens is 1. The summed E-state index contributed by atoms with van der Waals surface area (Å²) in [4.78, 5) is 4.41. The van der Waals surface area contributed by atoms with Crippen LogP contribution in [-0.4, -0.2) is 24.3 Å². The Morgan fingerprint density at radius 1 is 0.795 bits per heavy atom. The summed E-state index contributed by atoms with van der Waals surface area (Å²) in [5.41, 5.74) is 1.15. The number of pyridine rings is 1. The molecule has 39 heavy (non-hydrogen) atoms. The first-order valence-corrected chi connectivity index (χ1v) is 12.1. The van der Waals surface area contributed by atoms with Gasteiger partial charge in [-0.1, -0.05) is 12.1 Å². The lowest BCUT2D eigenvalue weighted by Crippen LogP contribution is -2.19. The van der Waals surface area contributed by atoms with Gasteiger partial charge in [-0.05, 0) is 78.3 Å². The van der Waals surface area contributed by atoms with E-state index in [0.717, 1.165) is 34.0 Å². The number of halogens is 3. The highest BCUT2D eigenvalue weighted by Gasteiger charge is 2.30. The number of thiocarbonyl (C=S) groups is 1. The van der Waals surface area contributed by atoms with Crippen LogP contribution < -0.4 is 24.8 Å². The van der Waals surface area contributed by atoms with E-state index >= 15 is 0 Å². The van der Waals surface area contributed by atoms with Crippen molar-refractivity contribution in [3.63, 3.8) is 0 Å². The maximum Gasteiger partial charge on any atom is 0.416 e. The SMILES string of the molecule is COc1cc2nccc(Oc3ccc4c(NC(=S)Nc5ccc(C(F)(F)F)cc5)cccc4c3)c2cc1OC. The monoisotopic (exact) mass is 549 g/mol. The Bertz CT molecular complexity index is 1670. The fourth-order valence-electron chi connectivity index (χ4n) is 4.12. The number of ether oxygens (including phenoxy) is 3. The molecule has 0 bridgehead atoms. The van der Waals surface area contributed by atoms with Crippen LogP contribution in [0.3, 0.4) is 0 Å². The topological polar surface area (TPSA) is 64.6 Å². The Balaban J connectivity index is 1.36. The van der Waals surface area contributed by atoms with Crippen molar-refractivity contribution >= 4 is 50.4 Å². The summed E-state index contributed by atoms with van der Waals surface area (Å²) in [6, 6.07) is 21.4. The fourth-order valence-corrected chi connectivity index (χ4v) is 4.35. The lowest BCUT2D eigenvalue weighted by molar-refractivity contribution is -0.137. The molecule has 0 saturated heterocycles. The van der Waals surface area contributed by atoms with Gasteiger partial charge in [0, 0.05) is 34.4 Å². The Labute approximate surface area is 227 Å². The number of methoxy groups -OCH3 is 2. The molecule has 0 spiro atoms. The van der Waals surface area contributed by atoms with Crippen molar-refractivity contribution < 1.29 is 27.4 Å². The van der Waals surface area contributed by atoms with E-state index in [1.807, 2.05) is 42.5 Å². The lowest BCUT2D eigenvalue weighted by atomic mass is 10.1. The Morgan fingerprint density at radius 2 is 1.54 bits per heavy atom. The molecule has 0 unspecified atom stereocenters. The average Bonchev–Trinajstić information content (AvgIpc) is 2.92. The van der Waals surface area contributed by atoms with Gasteiger partial charge < -0.3 is 24.8 Å². The number of nitrogens with zero attached hydrogens (tertiary/aromatic N) is 1. The molecule has 5 aromatic rings. The quantitative estimate of drug-likeness (QED) is 0.208. The summed E-state index contributed by atoms with van der Waals surface area (Å²) in [5.74, 6) is 2.37. The second-order valence-electron chi connectivity index (χ2n) is 8.48. The number of hydrogen-bond acceptors (Lipinski definition) is 5. The number of anilines is 2. The molecule has 0 atom stereocenters. The van der Waals surface area contributed by atoms with Crippen LogP contribution in [0.25, 0.3) is 21.7 Å². The summed E-state index contributed by atoms with van der Waals surface area (Å²) < 4.78 is 55.5. The van der Waals surface area contributed by atoms with Crippen LogP contribution in [0.1, 0.15) is 5.56 Å². The first-order chi connectivity index (χ1) is 18.7. The molecule has 2 N–H and O–H groups in total. The van der Waals surface area contributed by atoms with E-state index in [2.05, 4.69) is 15.6 Å². The summed E-state index contributed by atoms with van der Waals surface area (Å²) in [5, 5.41) is 8.83. The molecule has 0 aliphatic heterocycles. The van der Waals surface area contributed by atoms with Crippen LogP contribution in [0.5, 0.6) is 23.0 Å².